The molecular weight excluding hydrogens is 386 g/mol. The Balaban J connectivity index is 0.00000261. The van der Waals surface area contributed by atoms with Gasteiger partial charge in [0.25, 0.3) is 15.9 Å². The summed E-state index contributed by atoms with van der Waals surface area (Å²) in [6.07, 6.45) is 0. The molecular formula is C19H24ClN3O3S. The molecule has 1 fully saturated rings. The second-order valence-electron chi connectivity index (χ2n) is 6.69. The number of halogens is 1. The third kappa shape index (κ3) is 5.22. The van der Waals surface area contributed by atoms with Crippen LogP contribution in [0.3, 0.4) is 0 Å². The van der Waals surface area contributed by atoms with Crippen LogP contribution >= 0.6 is 12.4 Å². The van der Waals surface area contributed by atoms with E-state index in [0.29, 0.717) is 23.7 Å². The number of amides is 1. The lowest BCUT2D eigenvalue weighted by atomic mass is 10.0. The zero-order valence-corrected chi connectivity index (χ0v) is 16.9. The Morgan fingerprint density at radius 3 is 2.52 bits per heavy atom. The Morgan fingerprint density at radius 2 is 1.89 bits per heavy atom. The molecule has 1 heterocycles. The van der Waals surface area contributed by atoms with Gasteiger partial charge in [-0.15, -0.1) is 12.4 Å². The fourth-order valence-electron chi connectivity index (χ4n) is 2.76. The predicted octanol–water partition coefficient (Wildman–Crippen LogP) is 2.48. The number of aryl methyl sites for hydroxylation is 2. The van der Waals surface area contributed by atoms with Gasteiger partial charge < -0.3 is 10.6 Å². The van der Waals surface area contributed by atoms with Gasteiger partial charge in [-0.2, -0.15) is 0 Å². The lowest BCUT2D eigenvalue weighted by Gasteiger charge is -2.27. The number of sulfonamides is 1. The lowest BCUT2D eigenvalue weighted by molar-refractivity contribution is 0.0941. The minimum Gasteiger partial charge on any atom is -0.352 e. The summed E-state index contributed by atoms with van der Waals surface area (Å²) < 4.78 is 27.9. The summed E-state index contributed by atoms with van der Waals surface area (Å²) in [6.45, 7) is 6.07. The third-order valence-electron chi connectivity index (χ3n) is 4.45. The van der Waals surface area contributed by atoms with Crippen molar-refractivity contribution in [3.05, 3.63) is 59.2 Å². The maximum atomic E-state index is 12.7. The molecule has 0 bridgehead atoms. The van der Waals surface area contributed by atoms with E-state index in [0.717, 1.165) is 24.2 Å². The molecule has 146 valence electrons. The van der Waals surface area contributed by atoms with Crippen molar-refractivity contribution in [1.29, 1.82) is 0 Å². The van der Waals surface area contributed by atoms with E-state index in [9.17, 15) is 13.2 Å². The molecule has 3 N–H and O–H groups in total. The Hall–Kier alpha value is -2.09. The summed E-state index contributed by atoms with van der Waals surface area (Å²) in [5.41, 5.74) is 2.57. The molecule has 1 aliphatic rings. The summed E-state index contributed by atoms with van der Waals surface area (Å²) in [4.78, 5) is 12.5. The number of benzene rings is 2. The average Bonchev–Trinajstić information content (AvgIpc) is 2.53. The van der Waals surface area contributed by atoms with Crippen LogP contribution < -0.4 is 15.4 Å². The van der Waals surface area contributed by atoms with Crippen molar-refractivity contribution in [2.24, 2.45) is 5.92 Å². The molecule has 3 rings (SSSR count). The molecule has 27 heavy (non-hydrogen) atoms. The Kier molecular flexibility index (Phi) is 6.86. The van der Waals surface area contributed by atoms with Gasteiger partial charge in [0.1, 0.15) is 0 Å². The normalized spacial score (nSPS) is 14.0. The maximum Gasteiger partial charge on any atom is 0.261 e. The molecule has 0 saturated carbocycles. The monoisotopic (exact) mass is 409 g/mol. The van der Waals surface area contributed by atoms with Crippen LogP contribution in [-0.2, 0) is 10.0 Å². The van der Waals surface area contributed by atoms with Gasteiger partial charge >= 0.3 is 0 Å². The van der Waals surface area contributed by atoms with E-state index >= 15 is 0 Å². The highest BCUT2D eigenvalue weighted by atomic mass is 35.5. The molecule has 2 aromatic carbocycles. The summed E-state index contributed by atoms with van der Waals surface area (Å²) in [5.74, 6) is 0.191. The summed E-state index contributed by atoms with van der Waals surface area (Å²) >= 11 is 0. The van der Waals surface area contributed by atoms with Crippen LogP contribution in [0.25, 0.3) is 0 Å². The summed E-state index contributed by atoms with van der Waals surface area (Å²) in [5, 5.41) is 6.04. The molecule has 1 amide bonds. The van der Waals surface area contributed by atoms with Crippen molar-refractivity contribution in [2.75, 3.05) is 24.4 Å². The number of nitrogens with one attached hydrogen (secondary N) is 3. The van der Waals surface area contributed by atoms with Crippen molar-refractivity contribution in [2.45, 2.75) is 18.7 Å². The predicted molar refractivity (Wildman–Crippen MR) is 109 cm³/mol. The highest BCUT2D eigenvalue weighted by Crippen LogP contribution is 2.20. The zero-order chi connectivity index (χ0) is 18.7. The number of carbonyl (C=O) groups excluding carboxylic acids is 1. The van der Waals surface area contributed by atoms with Crippen LogP contribution in [0.2, 0.25) is 0 Å². The molecule has 6 nitrogen and oxygen atoms in total. The van der Waals surface area contributed by atoms with Gasteiger partial charge in [0.15, 0.2) is 0 Å². The van der Waals surface area contributed by atoms with E-state index in [1.807, 2.05) is 13.0 Å². The molecule has 0 aliphatic carbocycles. The average molecular weight is 410 g/mol. The van der Waals surface area contributed by atoms with E-state index in [2.05, 4.69) is 15.4 Å². The number of carbonyl (C=O) groups is 1. The highest BCUT2D eigenvalue weighted by molar-refractivity contribution is 7.92. The molecule has 2 aromatic rings. The largest absolute Gasteiger partial charge is 0.352 e. The van der Waals surface area contributed by atoms with Gasteiger partial charge in [0.2, 0.25) is 0 Å². The van der Waals surface area contributed by atoms with E-state index in [-0.39, 0.29) is 23.2 Å². The van der Waals surface area contributed by atoms with Gasteiger partial charge in [-0.3, -0.25) is 9.52 Å². The first-order valence-electron chi connectivity index (χ1n) is 8.54. The molecule has 0 spiro atoms. The van der Waals surface area contributed by atoms with E-state index in [1.165, 1.54) is 12.1 Å². The molecule has 0 aromatic heterocycles. The number of anilines is 1. The lowest BCUT2D eigenvalue weighted by Crippen LogP contribution is -2.48. The number of hydrogen-bond donors (Lipinski definition) is 3. The van der Waals surface area contributed by atoms with Crippen LogP contribution in [0.15, 0.2) is 47.4 Å². The fourth-order valence-corrected chi connectivity index (χ4v) is 3.84. The first-order chi connectivity index (χ1) is 12.3. The molecule has 1 aliphatic heterocycles. The molecule has 0 atom stereocenters. The van der Waals surface area contributed by atoms with Crippen LogP contribution in [0.5, 0.6) is 0 Å². The second-order valence-corrected chi connectivity index (χ2v) is 8.37. The quantitative estimate of drug-likeness (QED) is 0.684. The van der Waals surface area contributed by atoms with Crippen molar-refractivity contribution >= 4 is 34.0 Å². The molecule has 0 unspecified atom stereocenters. The zero-order valence-electron chi connectivity index (χ0n) is 15.3. The Morgan fingerprint density at radius 1 is 1.15 bits per heavy atom. The number of rotatable bonds is 6. The Labute approximate surface area is 166 Å². The smallest absolute Gasteiger partial charge is 0.261 e. The minimum absolute atomic E-state index is 0. The van der Waals surface area contributed by atoms with E-state index in [4.69, 9.17) is 0 Å². The second kappa shape index (κ2) is 8.73. The standard InChI is InChI=1S/C19H23N3O3S.ClH/c1-13-4-3-5-16(8-13)22-26(24,25)17-7-6-14(2)18(9-17)19(23)21-12-15-10-20-11-15;/h3-9,15,20,22H,10-12H2,1-2H3,(H,21,23);1H. The van der Waals surface area contributed by atoms with Gasteiger partial charge in [-0.05, 0) is 49.2 Å². The van der Waals surface area contributed by atoms with Crippen LogP contribution in [-0.4, -0.2) is 34.0 Å². The van der Waals surface area contributed by atoms with E-state index in [1.54, 1.807) is 31.2 Å². The first-order valence-corrected chi connectivity index (χ1v) is 10.0. The molecule has 8 heteroatoms. The highest BCUT2D eigenvalue weighted by Gasteiger charge is 2.21. The van der Waals surface area contributed by atoms with Crippen molar-refractivity contribution in [1.82, 2.24) is 10.6 Å². The fraction of sp³-hybridized carbons (Fsp3) is 0.316. The van der Waals surface area contributed by atoms with Gasteiger partial charge in [-0.1, -0.05) is 18.2 Å². The molecule has 1 saturated heterocycles. The van der Waals surface area contributed by atoms with Crippen LogP contribution in [0.4, 0.5) is 5.69 Å². The van der Waals surface area contributed by atoms with E-state index < -0.39 is 10.0 Å². The topological polar surface area (TPSA) is 87.3 Å². The summed E-state index contributed by atoms with van der Waals surface area (Å²) in [7, 11) is -3.77. The SMILES string of the molecule is Cc1cccc(NS(=O)(=O)c2ccc(C)c(C(=O)NCC3CNC3)c2)c1.Cl. The van der Waals surface area contributed by atoms with Gasteiger partial charge in [0, 0.05) is 36.8 Å². The third-order valence-corrected chi connectivity index (χ3v) is 5.83. The van der Waals surface area contributed by atoms with Gasteiger partial charge in [0.05, 0.1) is 4.90 Å². The minimum atomic E-state index is -3.77. The molecule has 0 radical (unpaired) electrons. The van der Waals surface area contributed by atoms with Crippen molar-refractivity contribution in [3.8, 4) is 0 Å². The summed E-state index contributed by atoms with van der Waals surface area (Å²) in [6, 6.07) is 11.7. The Bertz CT molecular complexity index is 928. The number of hydrogen-bond acceptors (Lipinski definition) is 4. The maximum absolute atomic E-state index is 12.7. The van der Waals surface area contributed by atoms with Gasteiger partial charge in [-0.25, -0.2) is 8.42 Å². The van der Waals surface area contributed by atoms with Crippen LogP contribution in [0, 0.1) is 19.8 Å². The van der Waals surface area contributed by atoms with Crippen molar-refractivity contribution in [3.63, 3.8) is 0 Å². The van der Waals surface area contributed by atoms with Crippen LogP contribution in [0.1, 0.15) is 21.5 Å². The van der Waals surface area contributed by atoms with Crippen molar-refractivity contribution < 1.29 is 13.2 Å². The first kappa shape index (κ1) is 21.2.